The smallest absolute Gasteiger partial charge is 0.259 e. The summed E-state index contributed by atoms with van der Waals surface area (Å²) >= 11 is 3.45. The number of halogens is 1. The van der Waals surface area contributed by atoms with Crippen molar-refractivity contribution in [2.75, 3.05) is 26.6 Å². The summed E-state index contributed by atoms with van der Waals surface area (Å²) in [6, 6.07) is 8.36. The minimum Gasteiger partial charge on any atom is -0.490 e. The van der Waals surface area contributed by atoms with Crippen molar-refractivity contribution in [3.05, 3.63) is 45.9 Å². The number of fused-ring (bicyclic) bond motifs is 1. The van der Waals surface area contributed by atoms with E-state index in [1.165, 1.54) is 6.21 Å². The zero-order chi connectivity index (χ0) is 22.2. The number of benzene rings is 2. The molecule has 0 aliphatic carbocycles. The van der Waals surface area contributed by atoms with E-state index in [1.807, 2.05) is 13.8 Å². The highest BCUT2D eigenvalue weighted by molar-refractivity contribution is 9.10. The molecular weight excluding hydrogens is 470 g/mol. The summed E-state index contributed by atoms with van der Waals surface area (Å²) in [4.78, 5) is 24.2. The Morgan fingerprint density at radius 1 is 1.13 bits per heavy atom. The highest BCUT2D eigenvalue weighted by Crippen LogP contribution is 2.36. The van der Waals surface area contributed by atoms with Gasteiger partial charge in [-0.15, -0.1) is 0 Å². The summed E-state index contributed by atoms with van der Waals surface area (Å²) in [5.74, 6) is 1.38. The third-order valence-electron chi connectivity index (χ3n) is 4.07. The van der Waals surface area contributed by atoms with Crippen molar-refractivity contribution >= 4 is 34.0 Å². The molecule has 1 heterocycles. The van der Waals surface area contributed by atoms with Crippen molar-refractivity contribution in [2.45, 2.75) is 13.8 Å². The first-order valence-corrected chi connectivity index (χ1v) is 10.4. The molecule has 0 fully saturated rings. The van der Waals surface area contributed by atoms with Crippen LogP contribution in [0.15, 0.2) is 39.9 Å². The lowest BCUT2D eigenvalue weighted by Crippen LogP contribution is -2.34. The first-order valence-electron chi connectivity index (χ1n) is 9.60. The van der Waals surface area contributed by atoms with Gasteiger partial charge in [-0.1, -0.05) is 0 Å². The fourth-order valence-corrected chi connectivity index (χ4v) is 3.30. The zero-order valence-electron chi connectivity index (χ0n) is 17.1. The molecule has 1 aliphatic heterocycles. The number of hydrogen-bond acceptors (Lipinski definition) is 7. The van der Waals surface area contributed by atoms with Crippen LogP contribution in [-0.4, -0.2) is 44.6 Å². The monoisotopic (exact) mass is 491 g/mol. The largest absolute Gasteiger partial charge is 0.490 e. The molecule has 0 spiro atoms. The van der Waals surface area contributed by atoms with Crippen LogP contribution in [0, 0.1) is 0 Å². The van der Waals surface area contributed by atoms with Gasteiger partial charge in [0.25, 0.3) is 11.8 Å². The van der Waals surface area contributed by atoms with Crippen molar-refractivity contribution in [2.24, 2.45) is 5.10 Å². The summed E-state index contributed by atoms with van der Waals surface area (Å²) in [6.45, 7) is 4.63. The fraction of sp³-hybridized carbons (Fsp3) is 0.286. The molecule has 3 rings (SSSR count). The minimum atomic E-state index is -0.472. The van der Waals surface area contributed by atoms with Gasteiger partial charge in [-0.3, -0.25) is 9.59 Å². The van der Waals surface area contributed by atoms with Gasteiger partial charge < -0.3 is 24.3 Å². The Hall–Kier alpha value is -3.27. The normalized spacial score (nSPS) is 12.0. The van der Waals surface area contributed by atoms with Gasteiger partial charge in [-0.25, -0.2) is 5.43 Å². The topological polar surface area (TPSA) is 107 Å². The lowest BCUT2D eigenvalue weighted by atomic mass is 10.2. The van der Waals surface area contributed by atoms with Gasteiger partial charge in [-0.2, -0.15) is 5.10 Å². The van der Waals surface area contributed by atoms with Gasteiger partial charge in [0.15, 0.2) is 23.0 Å². The Morgan fingerprint density at radius 3 is 2.68 bits per heavy atom. The lowest BCUT2D eigenvalue weighted by Gasteiger charge is -2.13. The summed E-state index contributed by atoms with van der Waals surface area (Å²) in [6.07, 6.45) is 1.47. The highest BCUT2D eigenvalue weighted by atomic mass is 79.9. The minimum absolute atomic E-state index is 0.123. The molecule has 9 nitrogen and oxygen atoms in total. The molecule has 0 radical (unpaired) electrons. The predicted molar refractivity (Wildman–Crippen MR) is 117 cm³/mol. The molecule has 31 heavy (non-hydrogen) atoms. The lowest BCUT2D eigenvalue weighted by molar-refractivity contribution is -0.120. The van der Waals surface area contributed by atoms with Gasteiger partial charge in [0.1, 0.15) is 0 Å². The average molecular weight is 492 g/mol. The van der Waals surface area contributed by atoms with Gasteiger partial charge in [0.05, 0.1) is 30.4 Å². The molecule has 2 aromatic carbocycles. The van der Waals surface area contributed by atoms with Crippen LogP contribution in [-0.2, 0) is 4.79 Å². The van der Waals surface area contributed by atoms with Crippen molar-refractivity contribution < 1.29 is 28.5 Å². The number of ether oxygens (including phenoxy) is 4. The fourth-order valence-electron chi connectivity index (χ4n) is 2.73. The van der Waals surface area contributed by atoms with Gasteiger partial charge in [0.2, 0.25) is 6.79 Å². The van der Waals surface area contributed by atoms with Crippen molar-refractivity contribution in [3.8, 4) is 23.0 Å². The summed E-state index contributed by atoms with van der Waals surface area (Å²) in [5.41, 5.74) is 3.44. The van der Waals surface area contributed by atoms with E-state index in [4.69, 9.17) is 18.9 Å². The maximum absolute atomic E-state index is 12.2. The molecule has 0 bridgehead atoms. The SMILES string of the molecule is CCOc1cc(/C=N/NC(=O)CNC(=O)c2ccc3c(c2)OCO3)cc(Br)c1OCC. The summed E-state index contributed by atoms with van der Waals surface area (Å²) in [5, 5.41) is 6.46. The Labute approximate surface area is 187 Å². The van der Waals surface area contributed by atoms with E-state index in [0.29, 0.717) is 51.8 Å². The van der Waals surface area contributed by atoms with Gasteiger partial charge in [-0.05, 0) is 65.7 Å². The van der Waals surface area contributed by atoms with Crippen LogP contribution in [0.5, 0.6) is 23.0 Å². The summed E-state index contributed by atoms with van der Waals surface area (Å²) < 4.78 is 22.4. The van der Waals surface area contributed by atoms with E-state index in [-0.39, 0.29) is 13.3 Å². The first kappa shape index (κ1) is 22.4. The number of nitrogens with one attached hydrogen (secondary N) is 2. The van der Waals surface area contributed by atoms with Crippen molar-refractivity contribution in [1.29, 1.82) is 0 Å². The number of nitrogens with zero attached hydrogens (tertiary/aromatic N) is 1. The number of carbonyl (C=O) groups is 2. The molecule has 0 saturated carbocycles. The molecule has 0 unspecified atom stereocenters. The molecule has 0 aromatic heterocycles. The summed E-state index contributed by atoms with van der Waals surface area (Å²) in [7, 11) is 0. The third kappa shape index (κ3) is 5.88. The second-order valence-corrected chi connectivity index (χ2v) is 7.09. The van der Waals surface area contributed by atoms with Gasteiger partial charge >= 0.3 is 0 Å². The van der Waals surface area contributed by atoms with Crippen LogP contribution >= 0.6 is 15.9 Å². The molecule has 1 aliphatic rings. The Morgan fingerprint density at radius 2 is 1.90 bits per heavy atom. The second kappa shape index (κ2) is 10.7. The van der Waals surface area contributed by atoms with Gasteiger partial charge in [0, 0.05) is 5.56 Å². The number of hydrogen-bond donors (Lipinski definition) is 2. The molecule has 164 valence electrons. The van der Waals surface area contributed by atoms with Crippen molar-refractivity contribution in [3.63, 3.8) is 0 Å². The Bertz CT molecular complexity index is 995. The van der Waals surface area contributed by atoms with Crippen LogP contribution in [0.3, 0.4) is 0 Å². The molecule has 2 N–H and O–H groups in total. The maximum Gasteiger partial charge on any atom is 0.259 e. The Kier molecular flexibility index (Phi) is 7.71. The molecule has 2 amide bonds. The molecule has 0 saturated heterocycles. The quantitative estimate of drug-likeness (QED) is 0.412. The van der Waals surface area contributed by atoms with Crippen LogP contribution in [0.25, 0.3) is 0 Å². The van der Waals surface area contributed by atoms with Crippen LogP contribution in [0.4, 0.5) is 0 Å². The number of hydrazone groups is 1. The van der Waals surface area contributed by atoms with Crippen LogP contribution < -0.4 is 29.7 Å². The van der Waals surface area contributed by atoms with Crippen LogP contribution in [0.2, 0.25) is 0 Å². The number of carbonyl (C=O) groups excluding carboxylic acids is 2. The second-order valence-electron chi connectivity index (χ2n) is 6.24. The van der Waals surface area contributed by atoms with E-state index in [0.717, 1.165) is 0 Å². The predicted octanol–water partition coefficient (Wildman–Crippen LogP) is 2.86. The first-order chi connectivity index (χ1) is 15.0. The Balaban J connectivity index is 1.53. The van der Waals surface area contributed by atoms with E-state index in [9.17, 15) is 9.59 Å². The van der Waals surface area contributed by atoms with E-state index >= 15 is 0 Å². The molecule has 10 heteroatoms. The molecule has 2 aromatic rings. The van der Waals surface area contributed by atoms with E-state index in [2.05, 4.69) is 31.8 Å². The molecular formula is C21H22BrN3O6. The van der Waals surface area contributed by atoms with E-state index in [1.54, 1.807) is 30.3 Å². The standard InChI is InChI=1S/C21H22BrN3O6/c1-3-28-18-8-13(7-15(22)20(18)29-4-2)10-24-25-19(26)11-23-21(27)14-5-6-16-17(9-14)31-12-30-16/h5-10H,3-4,11-12H2,1-2H3,(H,23,27)(H,25,26)/b24-10+. The highest BCUT2D eigenvalue weighted by Gasteiger charge is 2.16. The number of amides is 2. The van der Waals surface area contributed by atoms with E-state index < -0.39 is 11.8 Å². The number of rotatable bonds is 9. The maximum atomic E-state index is 12.2. The zero-order valence-corrected chi connectivity index (χ0v) is 18.7. The van der Waals surface area contributed by atoms with Crippen molar-refractivity contribution in [1.82, 2.24) is 10.7 Å². The average Bonchev–Trinajstić information content (AvgIpc) is 3.22. The van der Waals surface area contributed by atoms with Crippen LogP contribution in [0.1, 0.15) is 29.8 Å². The third-order valence-corrected chi connectivity index (χ3v) is 4.66. The molecule has 0 atom stereocenters.